The molecule has 124 valence electrons. The van der Waals surface area contributed by atoms with E-state index in [0.717, 1.165) is 5.56 Å². The van der Waals surface area contributed by atoms with Gasteiger partial charge in [-0.05, 0) is 35.9 Å². The molecule has 1 N–H and O–H groups in total. The number of amidine groups is 1. The van der Waals surface area contributed by atoms with Gasteiger partial charge in [-0.1, -0.05) is 12.1 Å². The van der Waals surface area contributed by atoms with E-state index in [1.807, 2.05) is 0 Å². The molecule has 8 heteroatoms. The first-order chi connectivity index (χ1) is 11.5. The fourth-order valence-electron chi connectivity index (χ4n) is 2.29. The summed E-state index contributed by atoms with van der Waals surface area (Å²) in [6.07, 6.45) is 1.54. The molecule has 0 radical (unpaired) electrons. The van der Waals surface area contributed by atoms with Gasteiger partial charge < -0.3 is 9.47 Å². The van der Waals surface area contributed by atoms with Crippen LogP contribution in [0.5, 0.6) is 11.5 Å². The van der Waals surface area contributed by atoms with Crippen LogP contribution in [0.15, 0.2) is 56.9 Å². The molecule has 0 saturated heterocycles. The molecule has 0 aliphatic carbocycles. The second kappa shape index (κ2) is 6.32. The van der Waals surface area contributed by atoms with E-state index in [2.05, 4.69) is 14.9 Å². The molecule has 1 aliphatic heterocycles. The van der Waals surface area contributed by atoms with Gasteiger partial charge in [0.25, 0.3) is 10.0 Å². The fraction of sp³-hybridized carbons (Fsp3) is 0.125. The van der Waals surface area contributed by atoms with Gasteiger partial charge in [-0.3, -0.25) is 5.43 Å². The Morgan fingerprint density at radius 1 is 1.08 bits per heavy atom. The summed E-state index contributed by atoms with van der Waals surface area (Å²) in [6, 6.07) is 11.9. The molecule has 2 aromatic carbocycles. The molecular weight excluding hydrogens is 330 g/mol. The molecule has 2 aromatic rings. The molecule has 7 nitrogen and oxygen atoms in total. The Kier molecular flexibility index (Phi) is 4.22. The number of ether oxygens (including phenoxy) is 2. The number of benzene rings is 2. The van der Waals surface area contributed by atoms with Crippen molar-refractivity contribution >= 4 is 22.1 Å². The first kappa shape index (κ1) is 16.0. The number of nitrogens with one attached hydrogen (secondary N) is 1. The standard InChI is InChI=1S/C16H15N3O4S/c1-22-13-8-7-11(9-14(13)23-2)10-17-18-16-12-5-3-4-6-15(12)24(20,21)19-16/h3-10H,1-2H3,(H,18,19). The lowest BCUT2D eigenvalue weighted by Crippen LogP contribution is -2.17. The van der Waals surface area contributed by atoms with Crippen LogP contribution in [-0.4, -0.2) is 34.7 Å². The molecule has 1 heterocycles. The molecule has 0 saturated carbocycles. The highest BCUT2D eigenvalue weighted by molar-refractivity contribution is 7.90. The van der Waals surface area contributed by atoms with Gasteiger partial charge in [-0.25, -0.2) is 0 Å². The van der Waals surface area contributed by atoms with Crippen LogP contribution in [0.1, 0.15) is 11.1 Å². The van der Waals surface area contributed by atoms with Crippen molar-refractivity contribution in [1.29, 1.82) is 0 Å². The van der Waals surface area contributed by atoms with Crippen molar-refractivity contribution < 1.29 is 17.9 Å². The largest absolute Gasteiger partial charge is 0.493 e. The Hall–Kier alpha value is -2.87. The summed E-state index contributed by atoms with van der Waals surface area (Å²) in [7, 11) is -0.548. The Labute approximate surface area is 139 Å². The minimum absolute atomic E-state index is 0.175. The van der Waals surface area contributed by atoms with E-state index in [1.54, 1.807) is 50.6 Å². The van der Waals surface area contributed by atoms with E-state index in [4.69, 9.17) is 9.47 Å². The van der Waals surface area contributed by atoms with Crippen molar-refractivity contribution in [3.05, 3.63) is 53.6 Å². The van der Waals surface area contributed by atoms with Crippen LogP contribution in [0.4, 0.5) is 0 Å². The minimum Gasteiger partial charge on any atom is -0.493 e. The Morgan fingerprint density at radius 2 is 1.83 bits per heavy atom. The van der Waals surface area contributed by atoms with Gasteiger partial charge in [0, 0.05) is 5.56 Å². The molecule has 1 aliphatic rings. The predicted octanol–water partition coefficient (Wildman–Crippen LogP) is 1.78. The number of methoxy groups -OCH3 is 2. The molecule has 0 atom stereocenters. The van der Waals surface area contributed by atoms with E-state index in [1.165, 1.54) is 12.3 Å². The van der Waals surface area contributed by atoms with Crippen molar-refractivity contribution in [1.82, 2.24) is 5.43 Å². The van der Waals surface area contributed by atoms with Crippen molar-refractivity contribution in [3.8, 4) is 11.5 Å². The number of rotatable bonds is 4. The molecule has 0 spiro atoms. The zero-order valence-corrected chi connectivity index (χ0v) is 13.9. The molecule has 0 fully saturated rings. The maximum atomic E-state index is 11.9. The van der Waals surface area contributed by atoms with E-state index < -0.39 is 10.0 Å². The number of nitrogens with zero attached hydrogens (tertiary/aromatic N) is 2. The first-order valence-electron chi connectivity index (χ1n) is 7.00. The Balaban J connectivity index is 1.81. The molecule has 0 unspecified atom stereocenters. The lowest BCUT2D eigenvalue weighted by atomic mass is 10.2. The normalized spacial score (nSPS) is 15.0. The summed E-state index contributed by atoms with van der Waals surface area (Å²) in [5.41, 5.74) is 3.94. The van der Waals surface area contributed by atoms with E-state index in [0.29, 0.717) is 17.1 Å². The van der Waals surface area contributed by atoms with Gasteiger partial charge >= 0.3 is 0 Å². The molecule has 0 aromatic heterocycles. The topological polar surface area (TPSA) is 89.4 Å². The predicted molar refractivity (Wildman–Crippen MR) is 90.4 cm³/mol. The fourth-order valence-corrected chi connectivity index (χ4v) is 3.46. The lowest BCUT2D eigenvalue weighted by molar-refractivity contribution is 0.355. The summed E-state index contributed by atoms with van der Waals surface area (Å²) in [6.45, 7) is 0. The number of hydrazone groups is 1. The van der Waals surface area contributed by atoms with Gasteiger partial charge in [-0.15, -0.1) is 4.40 Å². The van der Waals surface area contributed by atoms with Gasteiger partial charge in [-0.2, -0.15) is 13.5 Å². The van der Waals surface area contributed by atoms with Crippen LogP contribution in [0, 0.1) is 0 Å². The third-order valence-corrected chi connectivity index (χ3v) is 4.76. The number of fused-ring (bicyclic) bond motifs is 1. The monoisotopic (exact) mass is 345 g/mol. The highest BCUT2D eigenvalue weighted by Crippen LogP contribution is 2.27. The Morgan fingerprint density at radius 3 is 2.58 bits per heavy atom. The SMILES string of the molecule is COc1ccc(C=NNC2=NS(=O)(=O)c3ccccc32)cc1OC. The second-order valence-corrected chi connectivity index (χ2v) is 6.47. The number of hydrogen-bond acceptors (Lipinski definition) is 6. The van der Waals surface area contributed by atoms with Crippen LogP contribution in [0.25, 0.3) is 0 Å². The third-order valence-electron chi connectivity index (χ3n) is 3.42. The van der Waals surface area contributed by atoms with Crippen molar-refractivity contribution in [2.45, 2.75) is 4.90 Å². The highest BCUT2D eigenvalue weighted by atomic mass is 32.2. The van der Waals surface area contributed by atoms with Crippen LogP contribution >= 0.6 is 0 Å². The summed E-state index contributed by atoms with van der Waals surface area (Å²) >= 11 is 0. The quantitative estimate of drug-likeness (QED) is 0.674. The first-order valence-corrected chi connectivity index (χ1v) is 8.44. The van der Waals surface area contributed by atoms with Crippen LogP contribution < -0.4 is 14.9 Å². The smallest absolute Gasteiger partial charge is 0.285 e. The summed E-state index contributed by atoms with van der Waals surface area (Å²) in [4.78, 5) is 0.175. The zero-order valence-electron chi connectivity index (χ0n) is 13.1. The average Bonchev–Trinajstić information content (AvgIpc) is 2.86. The van der Waals surface area contributed by atoms with Gasteiger partial charge in [0.2, 0.25) is 0 Å². The third kappa shape index (κ3) is 2.95. The maximum Gasteiger partial charge on any atom is 0.285 e. The van der Waals surface area contributed by atoms with Crippen LogP contribution in [0.3, 0.4) is 0 Å². The molecule has 0 amide bonds. The van der Waals surface area contributed by atoms with E-state index >= 15 is 0 Å². The molecule has 3 rings (SSSR count). The average molecular weight is 345 g/mol. The maximum absolute atomic E-state index is 11.9. The van der Waals surface area contributed by atoms with Crippen molar-refractivity contribution in [2.75, 3.05) is 14.2 Å². The van der Waals surface area contributed by atoms with E-state index in [9.17, 15) is 8.42 Å². The number of hydrogen-bond donors (Lipinski definition) is 1. The minimum atomic E-state index is -3.65. The molecule has 24 heavy (non-hydrogen) atoms. The van der Waals surface area contributed by atoms with Crippen molar-refractivity contribution in [3.63, 3.8) is 0 Å². The summed E-state index contributed by atoms with van der Waals surface area (Å²) in [5.74, 6) is 1.39. The van der Waals surface area contributed by atoms with Crippen LogP contribution in [-0.2, 0) is 10.0 Å². The van der Waals surface area contributed by atoms with Crippen molar-refractivity contribution in [2.24, 2.45) is 9.50 Å². The molecular formula is C16H15N3O4S. The van der Waals surface area contributed by atoms with Crippen LogP contribution in [0.2, 0.25) is 0 Å². The zero-order chi connectivity index (χ0) is 17.2. The van der Waals surface area contributed by atoms with Gasteiger partial charge in [0.15, 0.2) is 17.3 Å². The van der Waals surface area contributed by atoms with E-state index in [-0.39, 0.29) is 10.7 Å². The summed E-state index contributed by atoms with van der Waals surface area (Å²) in [5, 5.41) is 4.05. The summed E-state index contributed by atoms with van der Waals surface area (Å²) < 4.78 is 38.0. The number of sulfonamides is 1. The lowest BCUT2D eigenvalue weighted by Gasteiger charge is -2.07. The molecule has 0 bridgehead atoms. The Bertz CT molecular complexity index is 936. The van der Waals surface area contributed by atoms with Gasteiger partial charge in [0.1, 0.15) is 4.90 Å². The van der Waals surface area contributed by atoms with Gasteiger partial charge in [0.05, 0.1) is 20.4 Å². The second-order valence-electron chi connectivity index (χ2n) is 4.90. The highest BCUT2D eigenvalue weighted by Gasteiger charge is 2.28.